The molecule has 4 aromatic rings. The second-order valence-corrected chi connectivity index (χ2v) is 11.8. The minimum absolute atomic E-state index is 0.157. The van der Waals surface area contributed by atoms with Gasteiger partial charge >= 0.3 is 6.18 Å². The predicted octanol–water partition coefficient (Wildman–Crippen LogP) is 7.10. The minimum atomic E-state index is -4.53. The van der Waals surface area contributed by atoms with Gasteiger partial charge in [-0.25, -0.2) is 9.97 Å². The number of hydrogen-bond donors (Lipinski definition) is 4. The fourth-order valence-electron chi connectivity index (χ4n) is 5.89. The molecule has 4 atom stereocenters. The lowest BCUT2D eigenvalue weighted by Gasteiger charge is -2.22. The van der Waals surface area contributed by atoms with Gasteiger partial charge in [-0.3, -0.25) is 0 Å². The molecule has 6 rings (SSSR count). The highest BCUT2D eigenvalue weighted by molar-refractivity contribution is 6.29. The van der Waals surface area contributed by atoms with E-state index in [1.165, 1.54) is 16.7 Å². The summed E-state index contributed by atoms with van der Waals surface area (Å²) in [5, 5.41) is 6.74. The molecule has 8 nitrogen and oxygen atoms in total. The summed E-state index contributed by atoms with van der Waals surface area (Å²) in [6.07, 6.45) is -1.93. The quantitative estimate of drug-likeness (QED) is 0.180. The number of fused-ring (bicyclic) bond motifs is 2. The molecule has 0 spiro atoms. The topological polar surface area (TPSA) is 128 Å². The summed E-state index contributed by atoms with van der Waals surface area (Å²) in [6.45, 7) is 8.31. The van der Waals surface area contributed by atoms with Crippen LogP contribution < -0.4 is 22.1 Å². The van der Waals surface area contributed by atoms with Crippen molar-refractivity contribution in [3.05, 3.63) is 92.8 Å². The van der Waals surface area contributed by atoms with Crippen molar-refractivity contribution in [1.82, 2.24) is 19.9 Å². The van der Waals surface area contributed by atoms with E-state index < -0.39 is 11.7 Å². The van der Waals surface area contributed by atoms with Gasteiger partial charge in [0, 0.05) is 12.3 Å². The molecule has 2 aliphatic rings. The highest BCUT2D eigenvalue weighted by atomic mass is 35.5. The number of halogens is 4. The largest absolute Gasteiger partial charge is 0.421 e. The van der Waals surface area contributed by atoms with Crippen LogP contribution in [0.15, 0.2) is 48.7 Å². The van der Waals surface area contributed by atoms with Crippen LogP contribution in [0.25, 0.3) is 0 Å². The smallest absolute Gasteiger partial charge is 0.368 e. The van der Waals surface area contributed by atoms with Crippen molar-refractivity contribution in [2.75, 3.05) is 22.1 Å². The number of benzene rings is 2. The van der Waals surface area contributed by atoms with Crippen LogP contribution in [0.1, 0.15) is 64.9 Å². The van der Waals surface area contributed by atoms with Gasteiger partial charge in [-0.1, -0.05) is 73.0 Å². The molecule has 12 heteroatoms. The van der Waals surface area contributed by atoms with E-state index in [1.807, 2.05) is 32.0 Å². The lowest BCUT2D eigenvalue weighted by molar-refractivity contribution is -0.137. The van der Waals surface area contributed by atoms with Gasteiger partial charge in [0.05, 0.1) is 12.1 Å². The Bertz CT molecular complexity index is 1620. The van der Waals surface area contributed by atoms with Crippen molar-refractivity contribution < 1.29 is 13.2 Å². The molecule has 0 radical (unpaired) electrons. The van der Waals surface area contributed by atoms with Crippen LogP contribution in [0.4, 0.5) is 36.7 Å². The van der Waals surface area contributed by atoms with E-state index >= 15 is 0 Å². The van der Waals surface area contributed by atoms with Crippen LogP contribution >= 0.6 is 11.6 Å². The molecule has 0 unspecified atom stereocenters. The number of nitrogens with two attached hydrogens (primary N) is 2. The average molecular weight is 611 g/mol. The standard InChI is InChI=1S/C16H17F3N4.C15H17ClN4/c1-8-3-4-10-6-9(2)13(11(10)5-8)22-14-12(16(17,18)19)7-21-15(20)23-14;1-8-3-4-10-6-9(2)14(11(10)5-8)19-13-7-12(16)18-15(17)20-13/h3-5,7,9,13H,6H2,1-2H3,(H3,20,21,22,23);3-5,7,9,14H,6H2,1-2H3,(H3,17,18,19,20)/t9-,13+;9-,14+/m00/s1. The minimum Gasteiger partial charge on any atom is -0.368 e. The number of rotatable bonds is 4. The molecule has 2 heterocycles. The summed E-state index contributed by atoms with van der Waals surface area (Å²) < 4.78 is 39.5. The summed E-state index contributed by atoms with van der Waals surface area (Å²) in [7, 11) is 0. The van der Waals surface area contributed by atoms with Crippen LogP contribution in [0.5, 0.6) is 0 Å². The SMILES string of the molecule is Cc1ccc2c(c1)[C@H](Nc1cc(Cl)nc(N)n1)[C@@H](C)C2.Cc1ccc2c(c1)[C@H](Nc1nc(N)ncc1C(F)(F)F)[C@@H](C)C2. The summed E-state index contributed by atoms with van der Waals surface area (Å²) in [5.41, 5.74) is 17.4. The lowest BCUT2D eigenvalue weighted by Crippen LogP contribution is -2.20. The van der Waals surface area contributed by atoms with Gasteiger partial charge < -0.3 is 22.1 Å². The van der Waals surface area contributed by atoms with E-state index in [2.05, 4.69) is 62.6 Å². The molecule has 6 N–H and O–H groups in total. The zero-order valence-electron chi connectivity index (χ0n) is 24.3. The maximum atomic E-state index is 13.2. The van der Waals surface area contributed by atoms with Gasteiger partial charge in [-0.05, 0) is 60.8 Å². The third-order valence-corrected chi connectivity index (χ3v) is 8.11. The third-order valence-electron chi connectivity index (χ3n) is 7.92. The van der Waals surface area contributed by atoms with Crippen molar-refractivity contribution in [3.63, 3.8) is 0 Å². The first kappa shape index (κ1) is 30.3. The van der Waals surface area contributed by atoms with Gasteiger partial charge in [0.15, 0.2) is 0 Å². The Hall–Kier alpha value is -4.12. The van der Waals surface area contributed by atoms with Crippen molar-refractivity contribution in [2.45, 2.75) is 58.8 Å². The van der Waals surface area contributed by atoms with E-state index in [0.29, 0.717) is 16.9 Å². The number of nitrogens with zero attached hydrogens (tertiary/aromatic N) is 4. The monoisotopic (exact) mass is 610 g/mol. The molecular formula is C31H34ClF3N8. The Kier molecular flexibility index (Phi) is 8.38. The fraction of sp³-hybridized carbons (Fsp3) is 0.355. The lowest BCUT2D eigenvalue weighted by atomic mass is 10.0. The van der Waals surface area contributed by atoms with Crippen LogP contribution in [0.3, 0.4) is 0 Å². The zero-order chi connectivity index (χ0) is 31.1. The first-order valence-electron chi connectivity index (χ1n) is 14.0. The number of anilines is 4. The normalized spacial score (nSPS) is 20.6. The Balaban J connectivity index is 0.000000173. The number of aromatic nitrogens is 4. The summed E-state index contributed by atoms with van der Waals surface area (Å²) in [5.74, 6) is 1.07. The van der Waals surface area contributed by atoms with Crippen molar-refractivity contribution in [2.24, 2.45) is 11.8 Å². The Morgan fingerprint density at radius 2 is 1.35 bits per heavy atom. The first-order chi connectivity index (χ1) is 20.3. The third kappa shape index (κ3) is 6.77. The molecule has 43 heavy (non-hydrogen) atoms. The van der Waals surface area contributed by atoms with Gasteiger partial charge in [-0.2, -0.15) is 23.1 Å². The number of alkyl halides is 3. The van der Waals surface area contributed by atoms with Gasteiger partial charge in [-0.15, -0.1) is 0 Å². The molecule has 0 bridgehead atoms. The number of nitrogens with one attached hydrogen (secondary N) is 2. The number of hydrogen-bond acceptors (Lipinski definition) is 8. The second-order valence-electron chi connectivity index (χ2n) is 11.4. The summed E-state index contributed by atoms with van der Waals surface area (Å²) in [6, 6.07) is 14.4. The molecule has 0 saturated heterocycles. The van der Waals surface area contributed by atoms with Gasteiger partial charge in [0.25, 0.3) is 0 Å². The van der Waals surface area contributed by atoms with E-state index in [1.54, 1.807) is 6.07 Å². The molecule has 0 saturated carbocycles. The fourth-order valence-corrected chi connectivity index (χ4v) is 6.08. The maximum Gasteiger partial charge on any atom is 0.421 e. The first-order valence-corrected chi connectivity index (χ1v) is 14.4. The van der Waals surface area contributed by atoms with Crippen molar-refractivity contribution in [1.29, 1.82) is 0 Å². The maximum absolute atomic E-state index is 13.2. The van der Waals surface area contributed by atoms with Crippen LogP contribution in [-0.2, 0) is 19.0 Å². The van der Waals surface area contributed by atoms with Gasteiger partial charge in [0.1, 0.15) is 22.4 Å². The predicted molar refractivity (Wildman–Crippen MR) is 164 cm³/mol. The van der Waals surface area contributed by atoms with Crippen molar-refractivity contribution >= 4 is 35.1 Å². The number of aryl methyl sites for hydroxylation is 2. The average Bonchev–Trinajstić information content (AvgIpc) is 3.38. The highest BCUT2D eigenvalue weighted by Crippen LogP contribution is 2.42. The molecule has 0 fully saturated rings. The molecule has 226 valence electrons. The molecule has 0 amide bonds. The van der Waals surface area contributed by atoms with E-state index in [-0.39, 0.29) is 35.7 Å². The van der Waals surface area contributed by atoms with Crippen LogP contribution in [0, 0.1) is 25.7 Å². The Morgan fingerprint density at radius 1 is 0.791 bits per heavy atom. The number of nitrogen functional groups attached to an aromatic ring is 2. The van der Waals surface area contributed by atoms with Crippen molar-refractivity contribution in [3.8, 4) is 0 Å². The molecule has 2 aromatic carbocycles. The second kappa shape index (κ2) is 11.9. The molecule has 2 aliphatic carbocycles. The molecule has 2 aromatic heterocycles. The Labute approximate surface area is 253 Å². The zero-order valence-corrected chi connectivity index (χ0v) is 25.1. The highest BCUT2D eigenvalue weighted by Gasteiger charge is 2.37. The van der Waals surface area contributed by atoms with E-state index in [0.717, 1.165) is 35.7 Å². The van der Waals surface area contributed by atoms with E-state index in [4.69, 9.17) is 23.1 Å². The Morgan fingerprint density at radius 3 is 1.88 bits per heavy atom. The van der Waals surface area contributed by atoms with E-state index in [9.17, 15) is 13.2 Å². The van der Waals surface area contributed by atoms with Gasteiger partial charge in [0.2, 0.25) is 11.9 Å². The van der Waals surface area contributed by atoms with Crippen LogP contribution in [0.2, 0.25) is 5.15 Å². The van der Waals surface area contributed by atoms with Crippen LogP contribution in [-0.4, -0.2) is 19.9 Å². The summed E-state index contributed by atoms with van der Waals surface area (Å²) >= 11 is 5.93. The summed E-state index contributed by atoms with van der Waals surface area (Å²) in [4.78, 5) is 15.3. The molecule has 0 aliphatic heterocycles. The molecular weight excluding hydrogens is 577 g/mol.